The zero-order valence-corrected chi connectivity index (χ0v) is 4.53. The molecule has 0 atom stereocenters. The number of nitrogens with zero attached hydrogens (tertiary/aromatic N) is 2. The van der Waals surface area contributed by atoms with Crippen LogP contribution in [0.25, 0.3) is 0 Å². The van der Waals surface area contributed by atoms with E-state index in [0.717, 1.165) is 0 Å². The first-order chi connectivity index (χ1) is 3.80. The number of imidazole rings is 1. The Balaban J connectivity index is 2.93. The van der Waals surface area contributed by atoms with Crippen LogP contribution in [0.5, 0.6) is 0 Å². The van der Waals surface area contributed by atoms with Crippen LogP contribution in [0.4, 0.5) is 0 Å². The average molecular weight is 112 g/mol. The minimum absolute atomic E-state index is 0.0116. The van der Waals surface area contributed by atoms with Gasteiger partial charge in [0.15, 0.2) is 0 Å². The Hall–Kier alpha value is -1.12. The van der Waals surface area contributed by atoms with Crippen LogP contribution >= 0.6 is 0 Å². The molecule has 3 nitrogen and oxygen atoms in total. The van der Waals surface area contributed by atoms with Gasteiger partial charge in [0.1, 0.15) is 6.33 Å². The van der Waals surface area contributed by atoms with Crippen LogP contribution < -0.4 is 0 Å². The summed E-state index contributed by atoms with van der Waals surface area (Å²) in [6.45, 7) is 1.49. The average Bonchev–Trinajstić information content (AvgIpc) is 2.12. The first-order valence-electron chi connectivity index (χ1n) is 2.29. The highest BCUT2D eigenvalue weighted by molar-refractivity contribution is 5.75. The lowest BCUT2D eigenvalue weighted by Gasteiger charge is -1.87. The van der Waals surface area contributed by atoms with Gasteiger partial charge in [0.2, 0.25) is 5.91 Å². The summed E-state index contributed by atoms with van der Waals surface area (Å²) < 4.78 is 1.42. The number of rotatable bonds is 0. The van der Waals surface area contributed by atoms with Gasteiger partial charge in [-0.3, -0.25) is 9.36 Å². The van der Waals surface area contributed by atoms with Gasteiger partial charge in [0.25, 0.3) is 0 Å². The van der Waals surface area contributed by atoms with Crippen molar-refractivity contribution in [3.63, 3.8) is 0 Å². The SMILES string of the molecule is [13CH3][13C](=O)n1ccnc1. The minimum Gasteiger partial charge on any atom is -0.277 e. The maximum Gasteiger partial charge on any atom is 0.228 e. The van der Waals surface area contributed by atoms with E-state index in [4.69, 9.17) is 0 Å². The van der Waals surface area contributed by atoms with Gasteiger partial charge in [-0.25, -0.2) is 4.98 Å². The summed E-state index contributed by atoms with van der Waals surface area (Å²) in [4.78, 5) is 14.1. The number of hydrogen-bond donors (Lipinski definition) is 0. The molecule has 1 rings (SSSR count). The molecule has 0 saturated carbocycles. The maximum absolute atomic E-state index is 10.4. The lowest BCUT2D eigenvalue weighted by Crippen LogP contribution is -2.00. The van der Waals surface area contributed by atoms with Crippen molar-refractivity contribution in [1.82, 2.24) is 9.55 Å². The van der Waals surface area contributed by atoms with Crippen molar-refractivity contribution in [2.45, 2.75) is 6.92 Å². The highest BCUT2D eigenvalue weighted by atomic mass is 16.2. The summed E-state index contributed by atoms with van der Waals surface area (Å²) in [5.74, 6) is -0.0116. The zero-order chi connectivity index (χ0) is 5.98. The van der Waals surface area contributed by atoms with Crippen LogP contribution in [-0.4, -0.2) is 15.5 Å². The van der Waals surface area contributed by atoms with Crippen molar-refractivity contribution in [1.29, 1.82) is 0 Å². The van der Waals surface area contributed by atoms with Crippen molar-refractivity contribution in [3.8, 4) is 0 Å². The summed E-state index contributed by atoms with van der Waals surface area (Å²) in [6, 6.07) is 0. The van der Waals surface area contributed by atoms with Crippen molar-refractivity contribution >= 4 is 5.91 Å². The van der Waals surface area contributed by atoms with Gasteiger partial charge in [-0.05, 0) is 0 Å². The first kappa shape index (κ1) is 5.03. The molecule has 0 unspecified atom stereocenters. The van der Waals surface area contributed by atoms with Crippen molar-refractivity contribution in [3.05, 3.63) is 18.7 Å². The number of hydrogen-bond acceptors (Lipinski definition) is 2. The highest BCUT2D eigenvalue weighted by Crippen LogP contribution is 1.82. The van der Waals surface area contributed by atoms with Gasteiger partial charge in [0.05, 0.1) is 0 Å². The number of carbonyl (C=O) groups excluding carboxylic acids is 1. The molecule has 0 fully saturated rings. The molecular weight excluding hydrogens is 106 g/mol. The van der Waals surface area contributed by atoms with E-state index in [1.54, 1.807) is 12.4 Å². The van der Waals surface area contributed by atoms with E-state index in [1.165, 1.54) is 17.8 Å². The molecule has 0 aliphatic carbocycles. The Morgan fingerprint density at radius 2 is 2.50 bits per heavy atom. The fraction of sp³-hybridized carbons (Fsp3) is 0.200. The molecule has 0 aliphatic rings. The predicted molar refractivity (Wildman–Crippen MR) is 28.5 cm³/mol. The Bertz CT molecular complexity index is 178. The van der Waals surface area contributed by atoms with Crippen LogP contribution in [0.3, 0.4) is 0 Å². The van der Waals surface area contributed by atoms with Crippen LogP contribution in [0.2, 0.25) is 0 Å². The topological polar surface area (TPSA) is 34.9 Å². The van der Waals surface area contributed by atoms with E-state index in [-0.39, 0.29) is 5.91 Å². The van der Waals surface area contributed by atoms with Crippen LogP contribution in [0.15, 0.2) is 18.7 Å². The summed E-state index contributed by atoms with van der Waals surface area (Å²) in [6.07, 6.45) is 4.66. The Kier molecular flexibility index (Phi) is 1.12. The quantitative estimate of drug-likeness (QED) is 0.459. The smallest absolute Gasteiger partial charge is 0.228 e. The largest absolute Gasteiger partial charge is 0.277 e. The van der Waals surface area contributed by atoms with Gasteiger partial charge < -0.3 is 0 Å². The predicted octanol–water partition coefficient (Wildman–Crippen LogP) is 0.543. The molecule has 0 spiro atoms. The molecule has 8 heavy (non-hydrogen) atoms. The minimum atomic E-state index is -0.0116. The van der Waals surface area contributed by atoms with E-state index < -0.39 is 0 Å². The number of carbonyl (C=O) groups is 1. The van der Waals surface area contributed by atoms with E-state index in [1.807, 2.05) is 0 Å². The van der Waals surface area contributed by atoms with Gasteiger partial charge in [-0.1, -0.05) is 0 Å². The second-order valence-corrected chi connectivity index (χ2v) is 1.49. The molecule has 0 aromatic carbocycles. The van der Waals surface area contributed by atoms with Crippen molar-refractivity contribution < 1.29 is 4.79 Å². The second-order valence-electron chi connectivity index (χ2n) is 1.49. The van der Waals surface area contributed by atoms with Crippen molar-refractivity contribution in [2.24, 2.45) is 0 Å². The molecule has 1 aromatic heterocycles. The normalized spacial score (nSPS) is 9.12. The van der Waals surface area contributed by atoms with E-state index in [0.29, 0.717) is 0 Å². The summed E-state index contributed by atoms with van der Waals surface area (Å²) in [5, 5.41) is 0. The molecule has 0 bridgehead atoms. The molecule has 42 valence electrons. The summed E-state index contributed by atoms with van der Waals surface area (Å²) in [5.41, 5.74) is 0. The van der Waals surface area contributed by atoms with Gasteiger partial charge in [-0.15, -0.1) is 0 Å². The summed E-state index contributed by atoms with van der Waals surface area (Å²) in [7, 11) is 0. The van der Waals surface area contributed by atoms with Crippen molar-refractivity contribution in [2.75, 3.05) is 0 Å². The van der Waals surface area contributed by atoms with Crippen LogP contribution in [-0.2, 0) is 0 Å². The number of aromatic nitrogens is 2. The Morgan fingerprint density at radius 1 is 1.75 bits per heavy atom. The van der Waals surface area contributed by atoms with E-state index >= 15 is 0 Å². The third-order valence-electron chi connectivity index (χ3n) is 0.868. The fourth-order valence-electron chi connectivity index (χ4n) is 0.445. The molecule has 1 aromatic rings. The maximum atomic E-state index is 10.4. The van der Waals surface area contributed by atoms with Gasteiger partial charge in [-0.2, -0.15) is 0 Å². The molecule has 1 heterocycles. The lowest BCUT2D eigenvalue weighted by atomic mass is 10.9. The molecule has 0 N–H and O–H groups in total. The van der Waals surface area contributed by atoms with Crippen LogP contribution in [0.1, 0.15) is 11.7 Å². The Labute approximate surface area is 47.0 Å². The first-order valence-corrected chi connectivity index (χ1v) is 2.29. The molecule has 0 amide bonds. The molecule has 3 heteroatoms. The summed E-state index contributed by atoms with van der Waals surface area (Å²) >= 11 is 0. The second kappa shape index (κ2) is 1.78. The third-order valence-corrected chi connectivity index (χ3v) is 0.868. The van der Waals surface area contributed by atoms with Gasteiger partial charge >= 0.3 is 0 Å². The molecule has 0 radical (unpaired) electrons. The Morgan fingerprint density at radius 3 is 2.75 bits per heavy atom. The lowest BCUT2D eigenvalue weighted by molar-refractivity contribution is 0.0936. The van der Waals surface area contributed by atoms with E-state index in [9.17, 15) is 4.79 Å². The monoisotopic (exact) mass is 112 g/mol. The third kappa shape index (κ3) is 0.753. The molecule has 0 saturated heterocycles. The molecular formula is C5H6N2O. The fourth-order valence-corrected chi connectivity index (χ4v) is 0.445. The van der Waals surface area contributed by atoms with E-state index in [2.05, 4.69) is 4.98 Å². The molecule has 0 aliphatic heterocycles. The zero-order valence-electron chi connectivity index (χ0n) is 4.53. The van der Waals surface area contributed by atoms with Crippen LogP contribution in [0, 0.1) is 0 Å². The highest BCUT2D eigenvalue weighted by Gasteiger charge is 1.90. The van der Waals surface area contributed by atoms with Gasteiger partial charge in [0, 0.05) is 19.3 Å². The standard InChI is InChI=1S/C5H6N2O/c1-5(8)7-3-2-6-4-7/h2-4H,1H3/i1+1,5+1.